The summed E-state index contributed by atoms with van der Waals surface area (Å²) in [7, 11) is 0. The molecule has 0 aromatic carbocycles. The van der Waals surface area contributed by atoms with Gasteiger partial charge in [0.25, 0.3) is 0 Å². The fourth-order valence-corrected chi connectivity index (χ4v) is 1.33. The molecule has 0 saturated carbocycles. The van der Waals surface area contributed by atoms with Gasteiger partial charge in [-0.3, -0.25) is 0 Å². The van der Waals surface area contributed by atoms with Crippen LogP contribution in [0.1, 0.15) is 40.5 Å². The second-order valence-electron chi connectivity index (χ2n) is 4.42. The summed E-state index contributed by atoms with van der Waals surface area (Å²) in [6.45, 7) is 9.98. The Bertz CT molecular complexity index is 238. The molecule has 0 fully saturated rings. The maximum Gasteiger partial charge on any atom is 0.192 e. The third-order valence-corrected chi connectivity index (χ3v) is 2.23. The van der Waals surface area contributed by atoms with E-state index in [4.69, 9.17) is 6.42 Å². The molecule has 16 heavy (non-hydrogen) atoms. The monoisotopic (exact) mass is 223 g/mol. The van der Waals surface area contributed by atoms with Crippen LogP contribution in [-0.4, -0.2) is 25.1 Å². The normalized spacial score (nSPS) is 13.4. The van der Waals surface area contributed by atoms with Gasteiger partial charge in [0, 0.05) is 12.6 Å². The first kappa shape index (κ1) is 14.8. The van der Waals surface area contributed by atoms with E-state index < -0.39 is 0 Å². The summed E-state index contributed by atoms with van der Waals surface area (Å²) in [5.74, 6) is 4.07. The SMILES string of the molecule is C#CCN=C(NCC)NC(C)CCC(C)C. The van der Waals surface area contributed by atoms with Crippen LogP contribution in [0.2, 0.25) is 0 Å². The second kappa shape index (κ2) is 9.08. The standard InChI is InChI=1S/C13H25N3/c1-6-10-15-13(14-7-2)16-12(5)9-8-11(3)4/h1,11-12H,7-10H2,2-5H3,(H2,14,15,16). The van der Waals surface area contributed by atoms with E-state index in [1.54, 1.807) is 0 Å². The van der Waals surface area contributed by atoms with Gasteiger partial charge in [-0.05, 0) is 32.6 Å². The molecule has 3 heteroatoms. The molecular weight excluding hydrogens is 198 g/mol. The van der Waals surface area contributed by atoms with Crippen LogP contribution >= 0.6 is 0 Å². The Hall–Kier alpha value is -1.17. The van der Waals surface area contributed by atoms with Crippen molar-refractivity contribution >= 4 is 5.96 Å². The Morgan fingerprint density at radius 2 is 2.00 bits per heavy atom. The van der Waals surface area contributed by atoms with Gasteiger partial charge in [0.1, 0.15) is 6.54 Å². The average molecular weight is 223 g/mol. The molecule has 0 heterocycles. The Morgan fingerprint density at radius 3 is 2.50 bits per heavy atom. The van der Waals surface area contributed by atoms with Gasteiger partial charge in [0.2, 0.25) is 0 Å². The van der Waals surface area contributed by atoms with Crippen LogP contribution < -0.4 is 10.6 Å². The number of terminal acetylenes is 1. The van der Waals surface area contributed by atoms with Crippen molar-refractivity contribution in [2.24, 2.45) is 10.9 Å². The quantitative estimate of drug-likeness (QED) is 0.410. The highest BCUT2D eigenvalue weighted by Gasteiger charge is 2.05. The summed E-state index contributed by atoms with van der Waals surface area (Å²) in [6, 6.07) is 0.429. The minimum absolute atomic E-state index is 0.423. The molecular formula is C13H25N3. The summed E-state index contributed by atoms with van der Waals surface area (Å²) in [6.07, 6.45) is 7.57. The molecule has 1 atom stereocenters. The third-order valence-electron chi connectivity index (χ3n) is 2.23. The molecule has 0 bridgehead atoms. The number of hydrogen-bond acceptors (Lipinski definition) is 1. The lowest BCUT2D eigenvalue weighted by Gasteiger charge is -2.18. The van der Waals surface area contributed by atoms with Gasteiger partial charge < -0.3 is 10.6 Å². The molecule has 0 amide bonds. The van der Waals surface area contributed by atoms with Crippen LogP contribution in [0.25, 0.3) is 0 Å². The molecule has 0 aliphatic rings. The number of nitrogens with one attached hydrogen (secondary N) is 2. The van der Waals surface area contributed by atoms with Crippen molar-refractivity contribution in [1.29, 1.82) is 0 Å². The largest absolute Gasteiger partial charge is 0.357 e. The number of nitrogens with zero attached hydrogens (tertiary/aromatic N) is 1. The first-order valence-electron chi connectivity index (χ1n) is 6.08. The van der Waals surface area contributed by atoms with E-state index >= 15 is 0 Å². The lowest BCUT2D eigenvalue weighted by molar-refractivity contribution is 0.489. The Morgan fingerprint density at radius 1 is 1.31 bits per heavy atom. The summed E-state index contributed by atoms with van der Waals surface area (Å²) in [5, 5.41) is 6.53. The molecule has 0 rings (SSSR count). The first-order valence-corrected chi connectivity index (χ1v) is 6.08. The molecule has 0 saturated heterocycles. The number of guanidine groups is 1. The lowest BCUT2D eigenvalue weighted by Crippen LogP contribution is -2.42. The van der Waals surface area contributed by atoms with E-state index in [9.17, 15) is 0 Å². The van der Waals surface area contributed by atoms with E-state index in [0.717, 1.165) is 24.8 Å². The maximum atomic E-state index is 5.19. The van der Waals surface area contributed by atoms with Crippen molar-refractivity contribution in [3.8, 4) is 12.3 Å². The molecule has 0 spiro atoms. The Kier molecular flexibility index (Phi) is 8.42. The van der Waals surface area contributed by atoms with E-state index in [-0.39, 0.29) is 0 Å². The minimum atomic E-state index is 0.423. The third kappa shape index (κ3) is 8.16. The van der Waals surface area contributed by atoms with Gasteiger partial charge in [-0.2, -0.15) is 0 Å². The van der Waals surface area contributed by atoms with Crippen LogP contribution in [0, 0.1) is 18.3 Å². The summed E-state index contributed by atoms with van der Waals surface area (Å²) < 4.78 is 0. The molecule has 2 N–H and O–H groups in total. The lowest BCUT2D eigenvalue weighted by atomic mass is 10.0. The van der Waals surface area contributed by atoms with Crippen molar-refractivity contribution in [3.63, 3.8) is 0 Å². The smallest absolute Gasteiger partial charge is 0.192 e. The van der Waals surface area contributed by atoms with Crippen molar-refractivity contribution in [2.75, 3.05) is 13.1 Å². The fourth-order valence-electron chi connectivity index (χ4n) is 1.33. The van der Waals surface area contributed by atoms with Crippen molar-refractivity contribution in [1.82, 2.24) is 10.6 Å². The fraction of sp³-hybridized carbons (Fsp3) is 0.769. The van der Waals surface area contributed by atoms with E-state index in [2.05, 4.69) is 42.3 Å². The van der Waals surface area contributed by atoms with Gasteiger partial charge in [0.05, 0.1) is 0 Å². The van der Waals surface area contributed by atoms with E-state index in [0.29, 0.717) is 12.6 Å². The molecule has 0 aromatic rings. The molecule has 0 aromatic heterocycles. The first-order chi connectivity index (χ1) is 7.60. The van der Waals surface area contributed by atoms with Gasteiger partial charge in [-0.1, -0.05) is 19.8 Å². The Balaban J connectivity index is 4.03. The van der Waals surface area contributed by atoms with E-state index in [1.807, 2.05) is 6.92 Å². The highest BCUT2D eigenvalue weighted by Crippen LogP contribution is 2.06. The van der Waals surface area contributed by atoms with Crippen LogP contribution in [0.15, 0.2) is 4.99 Å². The second-order valence-corrected chi connectivity index (χ2v) is 4.42. The van der Waals surface area contributed by atoms with Crippen molar-refractivity contribution in [3.05, 3.63) is 0 Å². The summed E-state index contributed by atoms with van der Waals surface area (Å²) in [4.78, 5) is 4.26. The van der Waals surface area contributed by atoms with Gasteiger partial charge in [-0.25, -0.2) is 4.99 Å². The topological polar surface area (TPSA) is 36.4 Å². The molecule has 1 unspecified atom stereocenters. The van der Waals surface area contributed by atoms with Gasteiger partial charge in [0.15, 0.2) is 5.96 Å². The number of hydrogen-bond donors (Lipinski definition) is 2. The molecule has 0 radical (unpaired) electrons. The number of aliphatic imine (C=N–C) groups is 1. The average Bonchev–Trinajstić information content (AvgIpc) is 2.23. The zero-order chi connectivity index (χ0) is 12.4. The molecule has 0 aliphatic heterocycles. The zero-order valence-electron chi connectivity index (χ0n) is 11.0. The predicted molar refractivity (Wildman–Crippen MR) is 71.5 cm³/mol. The number of rotatable bonds is 6. The van der Waals surface area contributed by atoms with Crippen LogP contribution in [0.3, 0.4) is 0 Å². The summed E-state index contributed by atoms with van der Waals surface area (Å²) in [5.41, 5.74) is 0. The van der Waals surface area contributed by atoms with Gasteiger partial charge in [-0.15, -0.1) is 6.42 Å². The van der Waals surface area contributed by atoms with Crippen LogP contribution in [0.5, 0.6) is 0 Å². The summed E-state index contributed by atoms with van der Waals surface area (Å²) >= 11 is 0. The maximum absolute atomic E-state index is 5.19. The predicted octanol–water partition coefficient (Wildman–Crippen LogP) is 2.00. The van der Waals surface area contributed by atoms with Crippen molar-refractivity contribution in [2.45, 2.75) is 46.6 Å². The zero-order valence-corrected chi connectivity index (χ0v) is 11.0. The van der Waals surface area contributed by atoms with E-state index in [1.165, 1.54) is 6.42 Å². The molecule has 3 nitrogen and oxygen atoms in total. The minimum Gasteiger partial charge on any atom is -0.357 e. The molecule has 0 aliphatic carbocycles. The van der Waals surface area contributed by atoms with Crippen molar-refractivity contribution < 1.29 is 0 Å². The van der Waals surface area contributed by atoms with Gasteiger partial charge >= 0.3 is 0 Å². The van der Waals surface area contributed by atoms with Crippen LogP contribution in [0.4, 0.5) is 0 Å². The highest BCUT2D eigenvalue weighted by atomic mass is 15.2. The van der Waals surface area contributed by atoms with Crippen LogP contribution in [-0.2, 0) is 0 Å². The highest BCUT2D eigenvalue weighted by molar-refractivity contribution is 5.80. The molecule has 92 valence electrons. The Labute approximate surface area is 100 Å².